The number of allylic oxidation sites excluding steroid dienone is 2. The normalized spacial score (nSPS) is 39.4. The molecule has 0 aromatic carbocycles. The number of amides is 1. The van der Waals surface area contributed by atoms with Gasteiger partial charge in [-0.15, -0.1) is 11.8 Å². The number of thioether (sulfide) groups is 1. The molecule has 0 bridgehead atoms. The van der Waals surface area contributed by atoms with E-state index in [1.54, 1.807) is 0 Å². The van der Waals surface area contributed by atoms with E-state index in [1.165, 1.54) is 24.3 Å². The summed E-state index contributed by atoms with van der Waals surface area (Å²) >= 11 is 1.43. The van der Waals surface area contributed by atoms with E-state index in [0.717, 1.165) is 24.8 Å². The maximum absolute atomic E-state index is 14.5. The fourth-order valence-electron chi connectivity index (χ4n) is 9.43. The van der Waals surface area contributed by atoms with Gasteiger partial charge in [-0.3, -0.25) is 14.4 Å². The summed E-state index contributed by atoms with van der Waals surface area (Å²) in [7, 11) is 0. The van der Waals surface area contributed by atoms with Crippen LogP contribution < -0.4 is 5.32 Å². The van der Waals surface area contributed by atoms with Crippen LogP contribution in [0.2, 0.25) is 0 Å². The van der Waals surface area contributed by atoms with Gasteiger partial charge in [-0.2, -0.15) is 0 Å². The van der Waals surface area contributed by atoms with Crippen LogP contribution in [0.15, 0.2) is 22.8 Å². The molecule has 1 amide bonds. The second-order valence-electron chi connectivity index (χ2n) is 13.9. The molecule has 4 aliphatic rings. The maximum atomic E-state index is 14.5. The molecule has 3 aliphatic carbocycles. The van der Waals surface area contributed by atoms with Gasteiger partial charge in [0.15, 0.2) is 0 Å². The number of nitrogens with one attached hydrogen (secondary N) is 1. The smallest absolute Gasteiger partial charge is 0.334 e. The third-order valence-electron chi connectivity index (χ3n) is 11.4. The second kappa shape index (κ2) is 11.9. The van der Waals surface area contributed by atoms with Crippen molar-refractivity contribution in [2.45, 2.75) is 99.5 Å². The standard InChI is InChI=1S/C33H49NO6S/c1-19(2)10-9-11-22(30(38)39-18-41-8)27-24-16-25(36)28-31(5)14-15-34-29(37)20(3)23(31)12-13-32(28,6)33(24,7)17-26(27)40-21(4)35/h10,20,23-24,26,28H,9,11-18H2,1-8H3,(H,34,37)/b27-22-/t20-,23-,24-,26-,28-,31-,32-,33-/m0/s1. The van der Waals surface area contributed by atoms with Crippen LogP contribution in [0.25, 0.3) is 0 Å². The number of hydrogen-bond acceptors (Lipinski definition) is 7. The largest absolute Gasteiger partial charge is 0.458 e. The van der Waals surface area contributed by atoms with E-state index < -0.39 is 6.10 Å². The molecule has 0 aromatic rings. The van der Waals surface area contributed by atoms with Crippen LogP contribution in [0.4, 0.5) is 0 Å². The topological polar surface area (TPSA) is 98.8 Å². The molecule has 7 nitrogen and oxygen atoms in total. The highest BCUT2D eigenvalue weighted by Gasteiger charge is 2.70. The molecule has 0 unspecified atom stereocenters. The number of hydrogen-bond donors (Lipinski definition) is 1. The molecule has 1 aliphatic heterocycles. The summed E-state index contributed by atoms with van der Waals surface area (Å²) in [6.45, 7) is 14.8. The maximum Gasteiger partial charge on any atom is 0.334 e. The van der Waals surface area contributed by atoms with E-state index in [-0.39, 0.29) is 69.5 Å². The second-order valence-corrected chi connectivity index (χ2v) is 14.7. The SMILES string of the molecule is CSCOC(=O)/C(CCC=C(C)C)=C1\[C@@H](OC(C)=O)C[C@@]2(C)[C@H]1CC(=O)[C@H]1[C@@]3(C)CCNC(=O)[C@@H](C)[C@@H]3CC[C@@]12C. The van der Waals surface area contributed by atoms with Gasteiger partial charge in [0, 0.05) is 37.3 Å². The Morgan fingerprint density at radius 2 is 1.80 bits per heavy atom. The molecule has 4 rings (SSSR count). The van der Waals surface area contributed by atoms with Crippen molar-refractivity contribution < 1.29 is 28.7 Å². The first-order valence-electron chi connectivity index (χ1n) is 15.2. The molecule has 0 aromatic heterocycles. The van der Waals surface area contributed by atoms with Crippen LogP contribution in [-0.2, 0) is 28.7 Å². The lowest BCUT2D eigenvalue weighted by atomic mass is 9.38. The van der Waals surface area contributed by atoms with Gasteiger partial charge in [0.1, 0.15) is 17.8 Å². The average molecular weight is 588 g/mol. The first-order valence-corrected chi connectivity index (χ1v) is 16.6. The summed E-state index contributed by atoms with van der Waals surface area (Å²) in [5, 5.41) is 3.09. The van der Waals surface area contributed by atoms with Crippen LogP contribution in [0.1, 0.15) is 93.4 Å². The molecule has 8 atom stereocenters. The average Bonchev–Trinajstić information content (AvgIpc) is 3.09. The highest BCUT2D eigenvalue weighted by molar-refractivity contribution is 7.98. The zero-order chi connectivity index (χ0) is 30.3. The molecule has 1 heterocycles. The summed E-state index contributed by atoms with van der Waals surface area (Å²) < 4.78 is 11.6. The Balaban J connectivity index is 1.85. The Kier molecular flexibility index (Phi) is 9.23. The van der Waals surface area contributed by atoms with E-state index in [2.05, 4.69) is 32.2 Å². The number of ketones is 1. The first kappa shape index (κ1) is 31.8. The molecular weight excluding hydrogens is 538 g/mol. The Morgan fingerprint density at radius 3 is 2.44 bits per heavy atom. The number of carbonyl (C=O) groups is 4. The summed E-state index contributed by atoms with van der Waals surface area (Å²) in [5.41, 5.74) is 1.46. The fraction of sp³-hybridized carbons (Fsp3) is 0.758. The zero-order valence-electron chi connectivity index (χ0n) is 26.2. The van der Waals surface area contributed by atoms with Gasteiger partial charge in [-0.05, 0) is 92.3 Å². The Morgan fingerprint density at radius 1 is 1.10 bits per heavy atom. The number of Topliss-reactive ketones (excluding diaryl/α,β-unsaturated/α-hetero) is 1. The molecule has 3 saturated carbocycles. The van der Waals surface area contributed by atoms with Gasteiger partial charge < -0.3 is 14.8 Å². The predicted octanol–water partition coefficient (Wildman–Crippen LogP) is 6.02. The van der Waals surface area contributed by atoms with Gasteiger partial charge in [0.2, 0.25) is 5.91 Å². The lowest BCUT2D eigenvalue weighted by molar-refractivity contribution is -0.184. The van der Waals surface area contributed by atoms with Gasteiger partial charge in [-0.25, -0.2) is 4.79 Å². The van der Waals surface area contributed by atoms with Crippen molar-refractivity contribution in [1.29, 1.82) is 0 Å². The quantitative estimate of drug-likeness (QED) is 0.168. The number of fused-ring (bicyclic) bond motifs is 5. The summed E-state index contributed by atoms with van der Waals surface area (Å²) in [6.07, 6.45) is 7.88. The molecule has 4 fully saturated rings. The minimum Gasteiger partial charge on any atom is -0.458 e. The Labute approximate surface area is 250 Å². The monoisotopic (exact) mass is 587 g/mol. The van der Waals surface area contributed by atoms with Crippen molar-refractivity contribution in [1.82, 2.24) is 5.32 Å². The molecule has 1 saturated heterocycles. The minimum absolute atomic E-state index is 0.0837. The van der Waals surface area contributed by atoms with Crippen LogP contribution in [-0.4, -0.2) is 48.5 Å². The summed E-state index contributed by atoms with van der Waals surface area (Å²) in [5.74, 6) is -0.669. The van der Waals surface area contributed by atoms with Crippen LogP contribution in [0.5, 0.6) is 0 Å². The van der Waals surface area contributed by atoms with Crippen molar-refractivity contribution >= 4 is 35.4 Å². The van der Waals surface area contributed by atoms with Crippen LogP contribution in [0, 0.1) is 39.9 Å². The fourth-order valence-corrected chi connectivity index (χ4v) is 9.65. The van der Waals surface area contributed by atoms with E-state index in [4.69, 9.17) is 9.47 Å². The van der Waals surface area contributed by atoms with Gasteiger partial charge in [0.05, 0.1) is 0 Å². The van der Waals surface area contributed by atoms with E-state index in [0.29, 0.717) is 37.8 Å². The highest BCUT2D eigenvalue weighted by Crippen LogP contribution is 2.73. The Hall–Kier alpha value is -2.09. The zero-order valence-corrected chi connectivity index (χ0v) is 27.0. The van der Waals surface area contributed by atoms with E-state index in [1.807, 2.05) is 27.0 Å². The van der Waals surface area contributed by atoms with Gasteiger partial charge in [-0.1, -0.05) is 39.3 Å². The van der Waals surface area contributed by atoms with Crippen molar-refractivity contribution in [3.8, 4) is 0 Å². The number of carbonyl (C=O) groups excluding carboxylic acids is 4. The molecule has 0 spiro atoms. The third-order valence-corrected chi connectivity index (χ3v) is 11.7. The predicted molar refractivity (Wildman–Crippen MR) is 161 cm³/mol. The number of rotatable bonds is 7. The van der Waals surface area contributed by atoms with E-state index in [9.17, 15) is 19.2 Å². The van der Waals surface area contributed by atoms with Crippen molar-refractivity contribution in [3.05, 3.63) is 22.8 Å². The molecule has 1 N–H and O–H groups in total. The van der Waals surface area contributed by atoms with Crippen LogP contribution in [0.3, 0.4) is 0 Å². The summed E-state index contributed by atoms with van der Waals surface area (Å²) in [6, 6.07) is 0. The Bertz CT molecular complexity index is 1160. The van der Waals surface area contributed by atoms with Gasteiger partial charge in [0.25, 0.3) is 0 Å². The molecule has 228 valence electrons. The molecule has 8 heteroatoms. The van der Waals surface area contributed by atoms with E-state index >= 15 is 0 Å². The first-order chi connectivity index (χ1) is 19.2. The van der Waals surface area contributed by atoms with Crippen molar-refractivity contribution in [2.75, 3.05) is 18.7 Å². The number of esters is 2. The highest BCUT2D eigenvalue weighted by atomic mass is 32.2. The lowest BCUT2D eigenvalue weighted by Crippen LogP contribution is -2.63. The van der Waals surface area contributed by atoms with Crippen LogP contribution >= 0.6 is 11.8 Å². The summed E-state index contributed by atoms with van der Waals surface area (Å²) in [4.78, 5) is 53.3. The van der Waals surface area contributed by atoms with Crippen molar-refractivity contribution in [3.63, 3.8) is 0 Å². The minimum atomic E-state index is -0.573. The van der Waals surface area contributed by atoms with Gasteiger partial charge >= 0.3 is 11.9 Å². The molecule has 41 heavy (non-hydrogen) atoms. The molecular formula is C33H49NO6S. The number of ether oxygens (including phenoxy) is 2. The molecule has 0 radical (unpaired) electrons. The lowest BCUT2D eigenvalue weighted by Gasteiger charge is -2.65. The van der Waals surface area contributed by atoms with Crippen molar-refractivity contribution in [2.24, 2.45) is 39.9 Å². The third kappa shape index (κ3) is 5.43.